The minimum Gasteiger partial charge on any atom is -0.397 e. The Kier molecular flexibility index (Phi) is 7.49. The van der Waals surface area contributed by atoms with Gasteiger partial charge >= 0.3 is 0 Å². The van der Waals surface area contributed by atoms with E-state index in [-0.39, 0.29) is 36.0 Å². The molecule has 1 amide bonds. The van der Waals surface area contributed by atoms with Crippen LogP contribution in [0.4, 0.5) is 15.9 Å². The number of aryl methyl sites for hydroxylation is 3. The normalized spacial score (nSPS) is 22.1. The highest BCUT2D eigenvalue weighted by molar-refractivity contribution is 7.21. The van der Waals surface area contributed by atoms with Gasteiger partial charge < -0.3 is 31.2 Å². The number of ether oxygens (including phenoxy) is 2. The fourth-order valence-electron chi connectivity index (χ4n) is 5.40. The van der Waals surface area contributed by atoms with E-state index in [1.54, 1.807) is 7.11 Å². The number of fused-ring (bicyclic) bond motifs is 2. The first kappa shape index (κ1) is 26.7. The zero-order chi connectivity index (χ0) is 27.1. The molecule has 5 rings (SSSR count). The number of anilines is 2. The smallest absolute Gasteiger partial charge is 0.263 e. The fourth-order valence-corrected chi connectivity index (χ4v) is 6.49. The number of amides is 1. The third-order valence-corrected chi connectivity index (χ3v) is 8.28. The van der Waals surface area contributed by atoms with Crippen molar-refractivity contribution in [3.8, 4) is 0 Å². The van der Waals surface area contributed by atoms with Crippen LogP contribution in [-0.4, -0.2) is 72.0 Å². The van der Waals surface area contributed by atoms with Gasteiger partial charge in [0.2, 0.25) is 0 Å². The van der Waals surface area contributed by atoms with E-state index in [9.17, 15) is 4.79 Å². The lowest BCUT2D eigenvalue weighted by atomic mass is 9.91. The van der Waals surface area contributed by atoms with Crippen molar-refractivity contribution in [3.05, 3.63) is 39.5 Å². The van der Waals surface area contributed by atoms with Crippen LogP contribution in [0, 0.1) is 19.7 Å². The Labute approximate surface area is 224 Å². The van der Waals surface area contributed by atoms with Gasteiger partial charge in [0.15, 0.2) is 0 Å². The van der Waals surface area contributed by atoms with Gasteiger partial charge in [-0.3, -0.25) is 4.79 Å². The summed E-state index contributed by atoms with van der Waals surface area (Å²) in [5.41, 5.74) is 15.0. The third kappa shape index (κ3) is 5.18. The van der Waals surface area contributed by atoms with Crippen LogP contribution in [0.2, 0.25) is 0 Å². The molecule has 4 heterocycles. The Bertz CT molecular complexity index is 1370. The van der Waals surface area contributed by atoms with Crippen molar-refractivity contribution in [3.63, 3.8) is 0 Å². The van der Waals surface area contributed by atoms with Crippen LogP contribution < -0.4 is 21.7 Å². The Balaban J connectivity index is 1.27. The second kappa shape index (κ2) is 10.7. The quantitative estimate of drug-likeness (QED) is 0.409. The molecule has 0 saturated carbocycles. The molecule has 1 aliphatic carbocycles. The van der Waals surface area contributed by atoms with E-state index in [4.69, 9.17) is 25.9 Å². The first-order valence-electron chi connectivity index (χ1n) is 12.8. The number of hydrogen-bond acceptors (Lipinski definition) is 10. The van der Waals surface area contributed by atoms with Gasteiger partial charge in [-0.25, -0.2) is 19.3 Å². The molecule has 1 aliphatic heterocycles. The summed E-state index contributed by atoms with van der Waals surface area (Å²) in [5, 5.41) is 3.76. The van der Waals surface area contributed by atoms with Crippen LogP contribution in [0.25, 0.3) is 10.2 Å². The van der Waals surface area contributed by atoms with E-state index in [2.05, 4.69) is 15.3 Å². The second-order valence-electron chi connectivity index (χ2n) is 10.2. The first-order valence-corrected chi connectivity index (χ1v) is 13.6. The van der Waals surface area contributed by atoms with Gasteiger partial charge in [0, 0.05) is 43.6 Å². The number of nitrogens with zero attached hydrogens (tertiary/aromatic N) is 4. The number of aromatic nitrogens is 3. The maximum absolute atomic E-state index is 15.3. The summed E-state index contributed by atoms with van der Waals surface area (Å²) in [7, 11) is 1.63. The molecule has 3 aromatic heterocycles. The number of carbonyl (C=O) groups is 1. The number of nitrogens with one attached hydrogen (secondary N) is 1. The maximum Gasteiger partial charge on any atom is 0.263 e. The standard InChI is InChI=1S/C26H34FN7O3S/c1-12(11-36-4)37-20-10-34(9-18(20)28)21-8-17(27)16-7-15(5-6-19(16)33-21)32-25(35)24-23(29)22-13(2)30-14(3)31-26(22)38-24/h8,12,15,18,20H,5-7,9-11,28-29H2,1-4H3,(H,32,35). The van der Waals surface area contributed by atoms with Gasteiger partial charge in [-0.1, -0.05) is 0 Å². The molecule has 0 spiro atoms. The van der Waals surface area contributed by atoms with Crippen molar-refractivity contribution in [1.29, 1.82) is 0 Å². The number of methoxy groups -OCH3 is 1. The summed E-state index contributed by atoms with van der Waals surface area (Å²) in [4.78, 5) is 29.8. The monoisotopic (exact) mass is 543 g/mol. The number of pyridine rings is 1. The highest BCUT2D eigenvalue weighted by atomic mass is 32.1. The summed E-state index contributed by atoms with van der Waals surface area (Å²) in [6.45, 7) is 7.16. The molecule has 38 heavy (non-hydrogen) atoms. The zero-order valence-electron chi connectivity index (χ0n) is 22.1. The molecular weight excluding hydrogens is 509 g/mol. The lowest BCUT2D eigenvalue weighted by molar-refractivity contribution is -0.0348. The minimum absolute atomic E-state index is 0.0830. The van der Waals surface area contributed by atoms with E-state index < -0.39 is 0 Å². The number of hydrogen-bond donors (Lipinski definition) is 3. The van der Waals surface area contributed by atoms with E-state index >= 15 is 4.39 Å². The summed E-state index contributed by atoms with van der Waals surface area (Å²) in [6.07, 6.45) is 1.31. The number of rotatable bonds is 7. The summed E-state index contributed by atoms with van der Waals surface area (Å²) < 4.78 is 26.5. The summed E-state index contributed by atoms with van der Waals surface area (Å²) in [6, 6.07) is 1.04. The number of carbonyl (C=O) groups excluding carboxylic acids is 1. The SMILES string of the molecule is COCC(C)OC1CN(c2cc(F)c3c(n2)CCC(NC(=O)c2sc4nc(C)nc(C)c4c2N)C3)CC1N. The molecule has 0 bridgehead atoms. The molecule has 3 aromatic rings. The molecule has 10 nitrogen and oxygen atoms in total. The van der Waals surface area contributed by atoms with Crippen LogP contribution in [-0.2, 0) is 22.3 Å². The van der Waals surface area contributed by atoms with Gasteiger partial charge in [-0.2, -0.15) is 0 Å². The van der Waals surface area contributed by atoms with Crippen molar-refractivity contribution in [2.45, 2.75) is 64.3 Å². The van der Waals surface area contributed by atoms with Crippen LogP contribution in [0.3, 0.4) is 0 Å². The second-order valence-corrected chi connectivity index (χ2v) is 11.2. The molecule has 12 heteroatoms. The van der Waals surface area contributed by atoms with Gasteiger partial charge in [-0.05, 0) is 40.0 Å². The van der Waals surface area contributed by atoms with E-state index in [0.29, 0.717) is 76.9 Å². The van der Waals surface area contributed by atoms with Crippen LogP contribution in [0.1, 0.15) is 45.8 Å². The molecule has 4 unspecified atom stereocenters. The Morgan fingerprint density at radius 2 is 2.11 bits per heavy atom. The van der Waals surface area contributed by atoms with Gasteiger partial charge in [0.05, 0.1) is 41.6 Å². The first-order chi connectivity index (χ1) is 18.1. The average molecular weight is 544 g/mol. The number of nitrogen functional groups attached to an aromatic ring is 1. The summed E-state index contributed by atoms with van der Waals surface area (Å²) in [5.74, 6) is 0.599. The molecule has 1 fully saturated rings. The van der Waals surface area contributed by atoms with Crippen LogP contribution in [0.5, 0.6) is 0 Å². The Morgan fingerprint density at radius 3 is 2.87 bits per heavy atom. The van der Waals surface area contributed by atoms with Gasteiger partial charge in [-0.15, -0.1) is 11.3 Å². The van der Waals surface area contributed by atoms with Crippen LogP contribution in [0.15, 0.2) is 6.07 Å². The van der Waals surface area contributed by atoms with Crippen LogP contribution >= 0.6 is 11.3 Å². The van der Waals surface area contributed by atoms with Crippen molar-refractivity contribution in [2.24, 2.45) is 5.73 Å². The predicted octanol–water partition coefficient (Wildman–Crippen LogP) is 2.28. The average Bonchev–Trinajstić information content (AvgIpc) is 3.38. The lowest BCUT2D eigenvalue weighted by Gasteiger charge is -2.27. The molecule has 1 saturated heterocycles. The molecule has 204 valence electrons. The van der Waals surface area contributed by atoms with Crippen molar-refractivity contribution < 1.29 is 18.7 Å². The molecule has 2 aliphatic rings. The minimum atomic E-state index is -0.322. The summed E-state index contributed by atoms with van der Waals surface area (Å²) >= 11 is 1.25. The number of halogens is 1. The number of nitrogens with two attached hydrogens (primary N) is 2. The van der Waals surface area contributed by atoms with E-state index in [0.717, 1.165) is 11.4 Å². The molecular formula is C26H34FN7O3S. The fraction of sp³-hybridized carbons (Fsp3) is 0.538. The Morgan fingerprint density at radius 1 is 1.32 bits per heavy atom. The maximum atomic E-state index is 15.3. The molecule has 4 atom stereocenters. The highest BCUT2D eigenvalue weighted by Crippen LogP contribution is 2.34. The molecule has 0 radical (unpaired) electrons. The van der Waals surface area contributed by atoms with E-state index in [1.807, 2.05) is 25.7 Å². The predicted molar refractivity (Wildman–Crippen MR) is 145 cm³/mol. The van der Waals surface area contributed by atoms with Crippen molar-refractivity contribution >= 4 is 39.0 Å². The molecule has 0 aromatic carbocycles. The highest BCUT2D eigenvalue weighted by Gasteiger charge is 2.34. The zero-order valence-corrected chi connectivity index (χ0v) is 22.9. The largest absolute Gasteiger partial charge is 0.397 e. The van der Waals surface area contributed by atoms with Gasteiger partial charge in [0.1, 0.15) is 27.2 Å². The topological polar surface area (TPSA) is 142 Å². The van der Waals surface area contributed by atoms with E-state index in [1.165, 1.54) is 17.4 Å². The van der Waals surface area contributed by atoms with Crippen molar-refractivity contribution in [2.75, 3.05) is 37.4 Å². The third-order valence-electron chi connectivity index (χ3n) is 7.19. The Hall–Kier alpha value is -2.93. The lowest BCUT2D eigenvalue weighted by Crippen LogP contribution is -2.39. The molecule has 5 N–H and O–H groups in total. The van der Waals surface area contributed by atoms with Gasteiger partial charge in [0.25, 0.3) is 5.91 Å². The number of thiophene rings is 1. The van der Waals surface area contributed by atoms with Crippen molar-refractivity contribution in [1.82, 2.24) is 20.3 Å².